The number of phenolic OH excluding ortho intramolecular Hbond substituents is 1. The monoisotopic (exact) mass is 440 g/mol. The Hall–Kier alpha value is -3.72. The number of hydrogen-bond donors (Lipinski definition) is 2. The summed E-state index contributed by atoms with van der Waals surface area (Å²) in [5.41, 5.74) is 0.0281. The summed E-state index contributed by atoms with van der Waals surface area (Å²) in [7, 11) is 0. The number of nitro benzene ring substituents is 1. The number of non-ortho nitro benzene ring substituents is 1. The predicted octanol–water partition coefficient (Wildman–Crippen LogP) is 3.54. The molecule has 32 heavy (non-hydrogen) atoms. The van der Waals surface area contributed by atoms with E-state index in [2.05, 4.69) is 0 Å². The Balaban J connectivity index is 2.07. The zero-order chi connectivity index (χ0) is 23.4. The molecule has 1 aliphatic heterocycles. The van der Waals surface area contributed by atoms with Crippen LogP contribution in [0.3, 0.4) is 0 Å². The number of likely N-dealkylation sites (tertiary alicyclic amines) is 1. The quantitative estimate of drug-likeness (QED) is 0.160. The fourth-order valence-electron chi connectivity index (χ4n) is 3.63. The lowest BCUT2D eigenvalue weighted by atomic mass is 9.95. The van der Waals surface area contributed by atoms with E-state index in [4.69, 9.17) is 4.74 Å². The van der Waals surface area contributed by atoms with Crippen LogP contribution in [0.4, 0.5) is 5.69 Å². The fraction of sp³-hybridized carbons (Fsp3) is 0.304. The van der Waals surface area contributed by atoms with Crippen LogP contribution in [0.2, 0.25) is 0 Å². The first-order valence-corrected chi connectivity index (χ1v) is 10.1. The van der Waals surface area contributed by atoms with Crippen LogP contribution in [-0.2, 0) is 14.3 Å². The Kier molecular flexibility index (Phi) is 6.89. The van der Waals surface area contributed by atoms with Crippen LogP contribution in [-0.4, -0.2) is 51.0 Å². The third kappa shape index (κ3) is 4.78. The standard InChI is InChI=1S/C23H24N2O7/c1-14(2)32-11-5-10-24-20(15-6-4-9-18(26)13-15)19(22(28)23(24)29)21(27)16-7-3-8-17(12-16)25(30)31/h3-4,6-9,12-14,20,26-27H,5,10-11H2,1-2H3/t20-/m0/s1. The van der Waals surface area contributed by atoms with Gasteiger partial charge in [-0.05, 0) is 38.0 Å². The van der Waals surface area contributed by atoms with Crippen molar-refractivity contribution in [3.05, 3.63) is 75.3 Å². The number of amides is 1. The molecule has 0 unspecified atom stereocenters. The van der Waals surface area contributed by atoms with Gasteiger partial charge in [-0.3, -0.25) is 19.7 Å². The first-order chi connectivity index (χ1) is 15.2. The summed E-state index contributed by atoms with van der Waals surface area (Å²) in [6.45, 7) is 4.33. The highest BCUT2D eigenvalue weighted by Gasteiger charge is 2.46. The molecular weight excluding hydrogens is 416 g/mol. The Morgan fingerprint density at radius 1 is 1.19 bits per heavy atom. The Bertz CT molecular complexity index is 1080. The van der Waals surface area contributed by atoms with E-state index in [0.717, 1.165) is 6.07 Å². The van der Waals surface area contributed by atoms with E-state index in [1.165, 1.54) is 35.2 Å². The average molecular weight is 440 g/mol. The number of benzene rings is 2. The van der Waals surface area contributed by atoms with Crippen molar-refractivity contribution in [1.29, 1.82) is 0 Å². The van der Waals surface area contributed by atoms with Crippen molar-refractivity contribution in [3.8, 4) is 5.75 Å². The van der Waals surface area contributed by atoms with Crippen molar-refractivity contribution < 1.29 is 29.5 Å². The molecule has 0 bridgehead atoms. The van der Waals surface area contributed by atoms with Crippen molar-refractivity contribution in [1.82, 2.24) is 4.90 Å². The Morgan fingerprint density at radius 3 is 2.56 bits per heavy atom. The third-order valence-electron chi connectivity index (χ3n) is 5.05. The number of hydrogen-bond acceptors (Lipinski definition) is 7. The molecular formula is C23H24N2O7. The smallest absolute Gasteiger partial charge is 0.295 e. The van der Waals surface area contributed by atoms with Crippen molar-refractivity contribution in [2.45, 2.75) is 32.4 Å². The summed E-state index contributed by atoms with van der Waals surface area (Å²) in [5.74, 6) is -2.27. The molecule has 0 aromatic heterocycles. The summed E-state index contributed by atoms with van der Waals surface area (Å²) in [6.07, 6.45) is 0.471. The molecule has 1 amide bonds. The number of ether oxygens (including phenoxy) is 1. The lowest BCUT2D eigenvalue weighted by Crippen LogP contribution is -2.31. The van der Waals surface area contributed by atoms with Crippen LogP contribution in [0.5, 0.6) is 5.75 Å². The van der Waals surface area contributed by atoms with Gasteiger partial charge in [0.05, 0.1) is 22.6 Å². The predicted molar refractivity (Wildman–Crippen MR) is 116 cm³/mol. The molecule has 1 aliphatic rings. The maximum atomic E-state index is 12.9. The average Bonchev–Trinajstić information content (AvgIpc) is 3.01. The lowest BCUT2D eigenvalue weighted by molar-refractivity contribution is -0.384. The van der Waals surface area contributed by atoms with Crippen LogP contribution in [0, 0.1) is 10.1 Å². The van der Waals surface area contributed by atoms with Gasteiger partial charge in [-0.15, -0.1) is 0 Å². The van der Waals surface area contributed by atoms with Gasteiger partial charge in [0.2, 0.25) is 0 Å². The number of Topliss-reactive ketones (excluding diaryl/α,β-unsaturated/α-hetero) is 1. The van der Waals surface area contributed by atoms with Gasteiger partial charge in [-0.25, -0.2) is 0 Å². The van der Waals surface area contributed by atoms with Gasteiger partial charge < -0.3 is 19.8 Å². The third-order valence-corrected chi connectivity index (χ3v) is 5.05. The van der Waals surface area contributed by atoms with Gasteiger partial charge in [0.15, 0.2) is 0 Å². The van der Waals surface area contributed by atoms with Crippen molar-refractivity contribution in [2.75, 3.05) is 13.2 Å². The van der Waals surface area contributed by atoms with Gasteiger partial charge >= 0.3 is 0 Å². The fourth-order valence-corrected chi connectivity index (χ4v) is 3.63. The van der Waals surface area contributed by atoms with Gasteiger partial charge in [0.1, 0.15) is 11.5 Å². The van der Waals surface area contributed by atoms with Gasteiger partial charge in [-0.1, -0.05) is 24.3 Å². The summed E-state index contributed by atoms with van der Waals surface area (Å²) >= 11 is 0. The number of ketones is 1. The number of carbonyl (C=O) groups excluding carboxylic acids is 2. The maximum Gasteiger partial charge on any atom is 0.295 e. The molecule has 2 N–H and O–H groups in total. The Labute approximate surface area is 184 Å². The van der Waals surface area contributed by atoms with Crippen LogP contribution < -0.4 is 0 Å². The van der Waals surface area contributed by atoms with E-state index >= 15 is 0 Å². The number of aliphatic hydroxyl groups excluding tert-OH is 1. The molecule has 2 aromatic rings. The highest BCUT2D eigenvalue weighted by atomic mass is 16.6. The first kappa shape index (κ1) is 23.0. The Morgan fingerprint density at radius 2 is 1.91 bits per heavy atom. The summed E-state index contributed by atoms with van der Waals surface area (Å²) in [4.78, 5) is 37.6. The van der Waals surface area contributed by atoms with E-state index in [9.17, 15) is 29.9 Å². The number of nitrogens with zero attached hydrogens (tertiary/aromatic N) is 2. The molecule has 1 heterocycles. The normalized spacial score (nSPS) is 17.8. The maximum absolute atomic E-state index is 12.9. The van der Waals surface area contributed by atoms with E-state index in [-0.39, 0.29) is 35.2 Å². The zero-order valence-electron chi connectivity index (χ0n) is 17.7. The molecule has 1 atom stereocenters. The highest BCUT2D eigenvalue weighted by molar-refractivity contribution is 6.46. The van der Waals surface area contributed by atoms with Crippen molar-refractivity contribution in [2.24, 2.45) is 0 Å². The van der Waals surface area contributed by atoms with Gasteiger partial charge in [-0.2, -0.15) is 0 Å². The van der Waals surface area contributed by atoms with Crippen LogP contribution in [0.15, 0.2) is 54.1 Å². The molecule has 3 rings (SSSR count). The number of carbonyl (C=O) groups is 2. The first-order valence-electron chi connectivity index (χ1n) is 10.1. The molecule has 1 fully saturated rings. The highest BCUT2D eigenvalue weighted by Crippen LogP contribution is 2.40. The molecule has 0 radical (unpaired) electrons. The molecule has 0 aliphatic carbocycles. The summed E-state index contributed by atoms with van der Waals surface area (Å²) in [5, 5.41) is 32.0. The SMILES string of the molecule is CC(C)OCCCN1C(=O)C(=O)C(=C(O)c2cccc([N+](=O)[O-])c2)[C@@H]1c1cccc(O)c1. The largest absolute Gasteiger partial charge is 0.508 e. The number of phenols is 1. The topological polar surface area (TPSA) is 130 Å². The van der Waals surface area contributed by atoms with E-state index in [1.54, 1.807) is 12.1 Å². The zero-order valence-corrected chi connectivity index (χ0v) is 17.7. The summed E-state index contributed by atoms with van der Waals surface area (Å²) < 4.78 is 5.51. The molecule has 2 aromatic carbocycles. The molecule has 9 heteroatoms. The van der Waals surface area contributed by atoms with E-state index < -0.39 is 28.4 Å². The second kappa shape index (κ2) is 9.61. The minimum absolute atomic E-state index is 0.0150. The molecule has 1 saturated heterocycles. The van der Waals surface area contributed by atoms with E-state index in [0.29, 0.717) is 18.6 Å². The number of aliphatic hydroxyl groups is 1. The molecule has 0 saturated carbocycles. The van der Waals surface area contributed by atoms with Crippen LogP contribution in [0.1, 0.15) is 37.4 Å². The number of nitro groups is 1. The second-order valence-electron chi connectivity index (χ2n) is 7.67. The van der Waals surface area contributed by atoms with Gasteiger partial charge in [0, 0.05) is 30.8 Å². The van der Waals surface area contributed by atoms with Crippen molar-refractivity contribution >= 4 is 23.1 Å². The van der Waals surface area contributed by atoms with Crippen LogP contribution >= 0.6 is 0 Å². The number of rotatable bonds is 8. The molecule has 168 valence electrons. The molecule has 9 nitrogen and oxygen atoms in total. The van der Waals surface area contributed by atoms with E-state index in [1.807, 2.05) is 13.8 Å². The summed E-state index contributed by atoms with van der Waals surface area (Å²) in [6, 6.07) is 10.3. The number of aromatic hydroxyl groups is 1. The van der Waals surface area contributed by atoms with Crippen molar-refractivity contribution in [3.63, 3.8) is 0 Å². The van der Waals surface area contributed by atoms with Crippen LogP contribution in [0.25, 0.3) is 5.76 Å². The van der Waals surface area contributed by atoms with Gasteiger partial charge in [0.25, 0.3) is 17.4 Å². The lowest BCUT2D eigenvalue weighted by Gasteiger charge is -2.25. The second-order valence-corrected chi connectivity index (χ2v) is 7.67. The molecule has 0 spiro atoms. The minimum atomic E-state index is -0.958. The minimum Gasteiger partial charge on any atom is -0.508 e.